The van der Waals surface area contributed by atoms with Crippen LogP contribution in [0, 0.1) is 5.92 Å². The molecule has 1 saturated carbocycles. The summed E-state index contributed by atoms with van der Waals surface area (Å²) in [5, 5.41) is 0. The first-order chi connectivity index (χ1) is 9.81. The van der Waals surface area contributed by atoms with E-state index in [2.05, 4.69) is 30.3 Å². The Morgan fingerprint density at radius 3 is 2.50 bits per heavy atom. The zero-order valence-electron chi connectivity index (χ0n) is 12.8. The number of nitrogens with two attached hydrogens (primary N) is 1. The molecule has 2 rings (SSSR count). The Bertz CT molecular complexity index is 359. The third kappa shape index (κ3) is 4.60. The summed E-state index contributed by atoms with van der Waals surface area (Å²) < 4.78 is 5.73. The number of aryl methyl sites for hydroxylation is 1. The van der Waals surface area contributed by atoms with Gasteiger partial charge in [0.25, 0.3) is 0 Å². The molecule has 0 spiro atoms. The molecule has 1 aromatic rings. The minimum atomic E-state index is 0.187. The van der Waals surface area contributed by atoms with Crippen LogP contribution in [0.2, 0.25) is 0 Å². The van der Waals surface area contributed by atoms with Crippen molar-refractivity contribution in [3.8, 4) is 0 Å². The molecule has 0 aromatic heterocycles. The third-order valence-electron chi connectivity index (χ3n) is 4.65. The number of ether oxygens (including phenoxy) is 1. The monoisotopic (exact) mass is 275 g/mol. The van der Waals surface area contributed by atoms with E-state index in [9.17, 15) is 0 Å². The molecule has 112 valence electrons. The first-order valence-electron chi connectivity index (χ1n) is 8.13. The maximum atomic E-state index is 6.40. The van der Waals surface area contributed by atoms with Gasteiger partial charge in [0, 0.05) is 13.2 Å². The number of hydrogen-bond acceptors (Lipinski definition) is 2. The average Bonchev–Trinajstić information content (AvgIpc) is 2.50. The first kappa shape index (κ1) is 15.5. The molecule has 2 nitrogen and oxygen atoms in total. The Kier molecular flexibility index (Phi) is 6.55. The normalized spacial score (nSPS) is 19.7. The predicted molar refractivity (Wildman–Crippen MR) is 84.7 cm³/mol. The summed E-state index contributed by atoms with van der Waals surface area (Å²) in [6, 6.07) is 10.9. The molecular weight excluding hydrogens is 246 g/mol. The highest BCUT2D eigenvalue weighted by atomic mass is 16.5. The van der Waals surface area contributed by atoms with Gasteiger partial charge in [-0.05, 0) is 43.6 Å². The highest BCUT2D eigenvalue weighted by molar-refractivity contribution is 5.14. The van der Waals surface area contributed by atoms with Gasteiger partial charge in [-0.1, -0.05) is 49.6 Å². The van der Waals surface area contributed by atoms with E-state index in [1.807, 2.05) is 7.11 Å². The molecule has 1 aliphatic rings. The molecule has 1 aromatic carbocycles. The third-order valence-corrected chi connectivity index (χ3v) is 4.65. The topological polar surface area (TPSA) is 35.2 Å². The van der Waals surface area contributed by atoms with Gasteiger partial charge in [-0.3, -0.25) is 0 Å². The minimum absolute atomic E-state index is 0.187. The summed E-state index contributed by atoms with van der Waals surface area (Å²) in [5.41, 5.74) is 7.81. The van der Waals surface area contributed by atoms with E-state index in [0.29, 0.717) is 5.92 Å². The molecule has 0 saturated heterocycles. The van der Waals surface area contributed by atoms with Crippen LogP contribution < -0.4 is 5.73 Å². The lowest BCUT2D eigenvalue weighted by Crippen LogP contribution is -2.42. The quantitative estimate of drug-likeness (QED) is 0.818. The molecule has 0 heterocycles. The van der Waals surface area contributed by atoms with Crippen LogP contribution in [0.1, 0.15) is 50.5 Å². The molecule has 2 heteroatoms. The van der Waals surface area contributed by atoms with E-state index in [1.165, 1.54) is 37.7 Å². The summed E-state index contributed by atoms with van der Waals surface area (Å²) in [4.78, 5) is 0. The molecule has 1 aliphatic carbocycles. The summed E-state index contributed by atoms with van der Waals surface area (Å²) >= 11 is 0. The Morgan fingerprint density at radius 1 is 1.15 bits per heavy atom. The smallest absolute Gasteiger partial charge is 0.0750 e. The van der Waals surface area contributed by atoms with Crippen molar-refractivity contribution in [2.24, 2.45) is 11.7 Å². The minimum Gasteiger partial charge on any atom is -0.380 e. The van der Waals surface area contributed by atoms with E-state index < -0.39 is 0 Å². The maximum Gasteiger partial charge on any atom is 0.0750 e. The lowest BCUT2D eigenvalue weighted by atomic mass is 9.81. The number of methoxy groups -OCH3 is 1. The van der Waals surface area contributed by atoms with Crippen LogP contribution in [0.4, 0.5) is 0 Å². The van der Waals surface area contributed by atoms with E-state index >= 15 is 0 Å². The van der Waals surface area contributed by atoms with E-state index in [1.54, 1.807) is 0 Å². The summed E-state index contributed by atoms with van der Waals surface area (Å²) in [5.74, 6) is 0.681. The van der Waals surface area contributed by atoms with Gasteiger partial charge >= 0.3 is 0 Å². The van der Waals surface area contributed by atoms with Crippen molar-refractivity contribution in [3.05, 3.63) is 35.9 Å². The van der Waals surface area contributed by atoms with Gasteiger partial charge in [0.2, 0.25) is 0 Å². The zero-order chi connectivity index (χ0) is 14.2. The number of hydrogen-bond donors (Lipinski definition) is 1. The van der Waals surface area contributed by atoms with Crippen LogP contribution in [-0.4, -0.2) is 19.3 Å². The van der Waals surface area contributed by atoms with E-state index in [4.69, 9.17) is 10.5 Å². The Hall–Kier alpha value is -0.860. The highest BCUT2D eigenvalue weighted by Gasteiger charge is 2.28. The van der Waals surface area contributed by atoms with Gasteiger partial charge < -0.3 is 10.5 Å². The highest BCUT2D eigenvalue weighted by Crippen LogP contribution is 2.29. The molecule has 0 amide bonds. The molecule has 20 heavy (non-hydrogen) atoms. The van der Waals surface area contributed by atoms with Gasteiger partial charge in [-0.15, -0.1) is 0 Å². The van der Waals surface area contributed by atoms with Gasteiger partial charge in [0.1, 0.15) is 0 Å². The molecular formula is C18H29NO. The Morgan fingerprint density at radius 2 is 1.85 bits per heavy atom. The van der Waals surface area contributed by atoms with Gasteiger partial charge in [-0.25, -0.2) is 0 Å². The largest absolute Gasteiger partial charge is 0.380 e. The first-order valence-corrected chi connectivity index (χ1v) is 8.13. The Balaban J connectivity index is 1.75. The molecule has 0 aliphatic heterocycles. The van der Waals surface area contributed by atoms with Gasteiger partial charge in [-0.2, -0.15) is 0 Å². The molecule has 2 atom stereocenters. The summed E-state index contributed by atoms with van der Waals surface area (Å²) in [6.45, 7) is 0. The SMILES string of the molecule is COC(C(N)CCCc1ccccc1)C1CCCCC1. The lowest BCUT2D eigenvalue weighted by Gasteiger charge is -2.33. The van der Waals surface area contributed by atoms with Crippen molar-refractivity contribution in [1.82, 2.24) is 0 Å². The fourth-order valence-corrected chi connectivity index (χ4v) is 3.53. The van der Waals surface area contributed by atoms with Gasteiger partial charge in [0.05, 0.1) is 6.10 Å². The van der Waals surface area contributed by atoms with Gasteiger partial charge in [0.15, 0.2) is 0 Å². The summed E-state index contributed by atoms with van der Waals surface area (Å²) in [6.07, 6.45) is 10.3. The number of benzene rings is 1. The molecule has 1 fully saturated rings. The molecule has 0 radical (unpaired) electrons. The average molecular weight is 275 g/mol. The standard InChI is InChI=1S/C18H29NO/c1-20-18(16-12-6-3-7-13-16)17(19)14-8-11-15-9-4-2-5-10-15/h2,4-5,9-10,16-18H,3,6-8,11-14,19H2,1H3. The van der Waals surface area contributed by atoms with Crippen molar-refractivity contribution in [3.63, 3.8) is 0 Å². The lowest BCUT2D eigenvalue weighted by molar-refractivity contribution is 0.0155. The maximum absolute atomic E-state index is 6.40. The van der Waals surface area contributed by atoms with Crippen LogP contribution in [0.25, 0.3) is 0 Å². The predicted octanol–water partition coefficient (Wildman–Crippen LogP) is 3.93. The Labute approximate surface area is 123 Å². The number of rotatable bonds is 7. The molecule has 2 unspecified atom stereocenters. The second kappa shape index (κ2) is 8.43. The zero-order valence-corrected chi connectivity index (χ0v) is 12.8. The van der Waals surface area contributed by atoms with Crippen LogP contribution in [0.15, 0.2) is 30.3 Å². The van der Waals surface area contributed by atoms with Crippen molar-refractivity contribution < 1.29 is 4.74 Å². The molecule has 2 N–H and O–H groups in total. The van der Waals surface area contributed by atoms with Crippen molar-refractivity contribution in [2.45, 2.75) is 63.5 Å². The second-order valence-electron chi connectivity index (χ2n) is 6.14. The van der Waals surface area contributed by atoms with Crippen LogP contribution >= 0.6 is 0 Å². The van der Waals surface area contributed by atoms with Crippen LogP contribution in [0.3, 0.4) is 0 Å². The van der Waals surface area contributed by atoms with Crippen molar-refractivity contribution in [1.29, 1.82) is 0 Å². The van der Waals surface area contributed by atoms with Crippen LogP contribution in [-0.2, 0) is 11.2 Å². The fraction of sp³-hybridized carbons (Fsp3) is 0.667. The second-order valence-corrected chi connectivity index (χ2v) is 6.14. The fourth-order valence-electron chi connectivity index (χ4n) is 3.53. The van der Waals surface area contributed by atoms with E-state index in [-0.39, 0.29) is 12.1 Å². The molecule has 0 bridgehead atoms. The van der Waals surface area contributed by atoms with Crippen molar-refractivity contribution >= 4 is 0 Å². The van der Waals surface area contributed by atoms with Crippen LogP contribution in [0.5, 0.6) is 0 Å². The summed E-state index contributed by atoms with van der Waals surface area (Å²) in [7, 11) is 1.83. The van der Waals surface area contributed by atoms with E-state index in [0.717, 1.165) is 19.3 Å². The van der Waals surface area contributed by atoms with Crippen molar-refractivity contribution in [2.75, 3.05) is 7.11 Å².